The normalized spacial score (nSPS) is 14.0. The van der Waals surface area contributed by atoms with E-state index in [0.717, 1.165) is 36.6 Å². The van der Waals surface area contributed by atoms with Crippen LogP contribution in [0.5, 0.6) is 0 Å². The Morgan fingerprint density at radius 2 is 1.93 bits per heavy atom. The van der Waals surface area contributed by atoms with E-state index in [1.165, 1.54) is 23.1 Å². The molecule has 0 unspecified atom stereocenters. The number of aromatic nitrogens is 3. The molecule has 0 aliphatic carbocycles. The average Bonchev–Trinajstić information content (AvgIpc) is 3.41. The fourth-order valence-electron chi connectivity index (χ4n) is 3.44. The molecule has 1 saturated heterocycles. The quantitative estimate of drug-likeness (QED) is 0.445. The molecular weight excluding hydrogens is 418 g/mol. The van der Waals surface area contributed by atoms with Crippen LogP contribution < -0.4 is 15.8 Å². The van der Waals surface area contributed by atoms with Gasteiger partial charge in [0.2, 0.25) is 5.91 Å². The first-order chi connectivity index (χ1) is 14.5. The van der Waals surface area contributed by atoms with Gasteiger partial charge in [-0.15, -0.1) is 0 Å². The lowest BCUT2D eigenvalue weighted by molar-refractivity contribution is -0.118. The minimum atomic E-state index is -0.0930. The minimum Gasteiger partial charge on any atom is -0.351 e. The number of carbonyl (C=O) groups excluding carboxylic acids is 1. The second kappa shape index (κ2) is 9.18. The summed E-state index contributed by atoms with van der Waals surface area (Å²) in [4.78, 5) is 37.0. The van der Waals surface area contributed by atoms with Gasteiger partial charge in [-0.3, -0.25) is 14.2 Å². The molecule has 1 amide bonds. The second-order valence-corrected chi connectivity index (χ2v) is 9.48. The molecule has 1 aliphatic heterocycles. The fourth-order valence-corrected chi connectivity index (χ4v) is 5.38. The van der Waals surface area contributed by atoms with Crippen molar-refractivity contribution in [3.63, 3.8) is 0 Å². The van der Waals surface area contributed by atoms with Crippen LogP contribution in [0.15, 0.2) is 40.3 Å². The van der Waals surface area contributed by atoms with Crippen molar-refractivity contribution in [2.24, 2.45) is 0 Å². The summed E-state index contributed by atoms with van der Waals surface area (Å²) in [6.45, 7) is 6.34. The molecule has 7 nitrogen and oxygen atoms in total. The van der Waals surface area contributed by atoms with Gasteiger partial charge in [0, 0.05) is 25.7 Å². The Bertz CT molecular complexity index is 1090. The predicted molar refractivity (Wildman–Crippen MR) is 123 cm³/mol. The highest BCUT2D eigenvalue weighted by Crippen LogP contribution is 2.30. The third-order valence-corrected chi connectivity index (χ3v) is 7.02. The van der Waals surface area contributed by atoms with Crippen molar-refractivity contribution in [2.75, 3.05) is 23.7 Å². The van der Waals surface area contributed by atoms with Crippen LogP contribution >= 0.6 is 23.1 Å². The van der Waals surface area contributed by atoms with Crippen molar-refractivity contribution in [3.8, 4) is 0 Å². The standard InChI is InChI=1S/C21H25N5O2S2/c1-14(2)26-19(28)17-18(23-20(30-17)25-10-6-7-11-25)24-21(26)29-13-16(27)22-12-15-8-4-3-5-9-15/h3-5,8-9,14H,6-7,10-13H2,1-2H3,(H,22,27). The first kappa shape index (κ1) is 20.9. The van der Waals surface area contributed by atoms with Crippen LogP contribution in [0.25, 0.3) is 10.3 Å². The van der Waals surface area contributed by atoms with Gasteiger partial charge in [-0.25, -0.2) is 4.98 Å². The maximum absolute atomic E-state index is 13.1. The molecule has 2 aromatic heterocycles. The fraction of sp³-hybridized carbons (Fsp3) is 0.429. The van der Waals surface area contributed by atoms with E-state index in [1.807, 2.05) is 44.2 Å². The second-order valence-electron chi connectivity index (χ2n) is 7.56. The first-order valence-electron chi connectivity index (χ1n) is 10.1. The van der Waals surface area contributed by atoms with Gasteiger partial charge in [0.1, 0.15) is 4.70 Å². The van der Waals surface area contributed by atoms with Crippen molar-refractivity contribution in [1.82, 2.24) is 19.9 Å². The smallest absolute Gasteiger partial charge is 0.274 e. The molecule has 1 aliphatic rings. The van der Waals surface area contributed by atoms with E-state index < -0.39 is 0 Å². The molecular formula is C21H25N5O2S2. The first-order valence-corrected chi connectivity index (χ1v) is 11.9. The molecule has 0 saturated carbocycles. The summed E-state index contributed by atoms with van der Waals surface area (Å²) in [5.41, 5.74) is 1.45. The number of carbonyl (C=O) groups is 1. The summed E-state index contributed by atoms with van der Waals surface area (Å²) in [6, 6.07) is 9.73. The molecule has 3 aromatic rings. The largest absolute Gasteiger partial charge is 0.351 e. The third-order valence-electron chi connectivity index (χ3n) is 4.98. The van der Waals surface area contributed by atoms with Crippen LogP contribution in [-0.2, 0) is 11.3 Å². The summed E-state index contributed by atoms with van der Waals surface area (Å²) in [7, 11) is 0. The molecule has 0 atom stereocenters. The molecule has 158 valence electrons. The number of nitrogens with one attached hydrogen (secondary N) is 1. The average molecular weight is 444 g/mol. The molecule has 1 fully saturated rings. The van der Waals surface area contributed by atoms with Crippen molar-refractivity contribution >= 4 is 44.5 Å². The molecule has 3 heterocycles. The Hall–Kier alpha value is -2.39. The predicted octanol–water partition coefficient (Wildman–Crippen LogP) is 3.44. The van der Waals surface area contributed by atoms with E-state index in [4.69, 9.17) is 0 Å². The van der Waals surface area contributed by atoms with E-state index in [0.29, 0.717) is 22.0 Å². The number of rotatable bonds is 7. The van der Waals surface area contributed by atoms with E-state index in [1.54, 1.807) is 4.57 Å². The van der Waals surface area contributed by atoms with E-state index in [-0.39, 0.29) is 23.3 Å². The Kier molecular flexibility index (Phi) is 6.38. The van der Waals surface area contributed by atoms with Gasteiger partial charge < -0.3 is 10.2 Å². The number of nitrogens with zero attached hydrogens (tertiary/aromatic N) is 4. The van der Waals surface area contributed by atoms with Crippen LogP contribution in [0, 0.1) is 0 Å². The topological polar surface area (TPSA) is 80.1 Å². The van der Waals surface area contributed by atoms with E-state index >= 15 is 0 Å². The Balaban J connectivity index is 1.52. The maximum Gasteiger partial charge on any atom is 0.274 e. The highest BCUT2D eigenvalue weighted by molar-refractivity contribution is 7.99. The van der Waals surface area contributed by atoms with Crippen LogP contribution in [0.1, 0.15) is 38.3 Å². The molecule has 1 N–H and O–H groups in total. The zero-order valence-corrected chi connectivity index (χ0v) is 18.8. The van der Waals surface area contributed by atoms with Crippen molar-refractivity contribution in [3.05, 3.63) is 46.2 Å². The number of anilines is 1. The number of amides is 1. The molecule has 0 radical (unpaired) electrons. The van der Waals surface area contributed by atoms with Crippen LogP contribution in [-0.4, -0.2) is 39.3 Å². The van der Waals surface area contributed by atoms with Crippen LogP contribution in [0.2, 0.25) is 0 Å². The van der Waals surface area contributed by atoms with Crippen LogP contribution in [0.3, 0.4) is 0 Å². The minimum absolute atomic E-state index is 0.0541. The molecule has 30 heavy (non-hydrogen) atoms. The number of thiazole rings is 1. The maximum atomic E-state index is 13.1. The number of hydrogen-bond donors (Lipinski definition) is 1. The highest BCUT2D eigenvalue weighted by Gasteiger charge is 2.22. The van der Waals surface area contributed by atoms with Crippen LogP contribution in [0.4, 0.5) is 5.13 Å². The third kappa shape index (κ3) is 4.52. The zero-order valence-electron chi connectivity index (χ0n) is 17.1. The molecule has 1 aromatic carbocycles. The monoisotopic (exact) mass is 443 g/mol. The van der Waals surface area contributed by atoms with Gasteiger partial charge >= 0.3 is 0 Å². The van der Waals surface area contributed by atoms with Gasteiger partial charge in [-0.2, -0.15) is 4.98 Å². The lowest BCUT2D eigenvalue weighted by atomic mass is 10.2. The van der Waals surface area contributed by atoms with Crippen molar-refractivity contribution < 1.29 is 4.79 Å². The summed E-state index contributed by atoms with van der Waals surface area (Å²) in [6.07, 6.45) is 2.30. The zero-order chi connectivity index (χ0) is 21.1. The van der Waals surface area contributed by atoms with Gasteiger partial charge in [-0.05, 0) is 32.3 Å². The van der Waals surface area contributed by atoms with Crippen molar-refractivity contribution in [1.29, 1.82) is 0 Å². The highest BCUT2D eigenvalue weighted by atomic mass is 32.2. The summed E-state index contributed by atoms with van der Waals surface area (Å²) < 4.78 is 2.26. The lowest BCUT2D eigenvalue weighted by Crippen LogP contribution is -2.27. The van der Waals surface area contributed by atoms with E-state index in [2.05, 4.69) is 20.2 Å². The number of hydrogen-bond acceptors (Lipinski definition) is 7. The van der Waals surface area contributed by atoms with Gasteiger partial charge in [0.25, 0.3) is 5.56 Å². The molecule has 4 rings (SSSR count). The molecule has 0 spiro atoms. The van der Waals surface area contributed by atoms with Gasteiger partial charge in [0.15, 0.2) is 15.9 Å². The summed E-state index contributed by atoms with van der Waals surface area (Å²) in [5, 5.41) is 4.32. The molecule has 0 bridgehead atoms. The Morgan fingerprint density at radius 1 is 1.20 bits per heavy atom. The number of fused-ring (bicyclic) bond motifs is 1. The van der Waals surface area contributed by atoms with E-state index in [9.17, 15) is 9.59 Å². The number of thioether (sulfide) groups is 1. The Labute approximate surface area is 183 Å². The SMILES string of the molecule is CC(C)n1c(SCC(=O)NCc2ccccc2)nc2nc(N3CCCC3)sc2c1=O. The molecule has 9 heteroatoms. The lowest BCUT2D eigenvalue weighted by Gasteiger charge is -2.14. The number of benzene rings is 1. The Morgan fingerprint density at radius 3 is 2.63 bits per heavy atom. The summed E-state index contributed by atoms with van der Waals surface area (Å²) >= 11 is 2.70. The van der Waals surface area contributed by atoms with Gasteiger partial charge in [-0.1, -0.05) is 53.4 Å². The van der Waals surface area contributed by atoms with Crippen molar-refractivity contribution in [2.45, 2.75) is 44.4 Å². The van der Waals surface area contributed by atoms with Gasteiger partial charge in [0.05, 0.1) is 5.75 Å². The summed E-state index contributed by atoms with van der Waals surface area (Å²) in [5.74, 6) is 0.102.